The summed E-state index contributed by atoms with van der Waals surface area (Å²) in [5.41, 5.74) is 3.38. The molecule has 0 saturated heterocycles. The third-order valence-corrected chi connectivity index (χ3v) is 4.18. The predicted molar refractivity (Wildman–Crippen MR) is 101 cm³/mol. The van der Waals surface area contributed by atoms with Crippen molar-refractivity contribution in [3.05, 3.63) is 65.7 Å². The Morgan fingerprint density at radius 2 is 1.68 bits per heavy atom. The average Bonchev–Trinajstić information content (AvgIpc) is 3.20. The van der Waals surface area contributed by atoms with Crippen LogP contribution in [0.2, 0.25) is 0 Å². The van der Waals surface area contributed by atoms with Gasteiger partial charge >= 0.3 is 0 Å². The van der Waals surface area contributed by atoms with Crippen LogP contribution in [0, 0.1) is 11.3 Å². The molecule has 4 heteroatoms. The van der Waals surface area contributed by atoms with Gasteiger partial charge in [-0.25, -0.2) is 0 Å². The van der Waals surface area contributed by atoms with Crippen LogP contribution in [0.3, 0.4) is 0 Å². The van der Waals surface area contributed by atoms with Crippen LogP contribution >= 0.6 is 0 Å². The molecule has 0 fully saturated rings. The summed E-state index contributed by atoms with van der Waals surface area (Å²) >= 11 is 0. The first kappa shape index (κ1) is 16.7. The van der Waals surface area contributed by atoms with E-state index in [-0.39, 0.29) is 0 Å². The molecule has 3 rings (SSSR count). The zero-order chi connectivity index (χ0) is 17.6. The van der Waals surface area contributed by atoms with Gasteiger partial charge in [0.1, 0.15) is 0 Å². The van der Waals surface area contributed by atoms with Crippen molar-refractivity contribution in [2.75, 3.05) is 32.2 Å². The molecule has 0 aromatic heterocycles. The van der Waals surface area contributed by atoms with E-state index in [1.54, 1.807) is 14.2 Å². The molecule has 1 aliphatic rings. The number of anilines is 1. The smallest absolute Gasteiger partial charge is 0.162 e. The fourth-order valence-corrected chi connectivity index (χ4v) is 2.91. The lowest BCUT2D eigenvalue weighted by atomic mass is 10.0. The van der Waals surface area contributed by atoms with Crippen molar-refractivity contribution in [3.63, 3.8) is 0 Å². The van der Waals surface area contributed by atoms with Gasteiger partial charge in [-0.15, -0.1) is 0 Å². The summed E-state index contributed by atoms with van der Waals surface area (Å²) in [5, 5.41) is 9.77. The minimum Gasteiger partial charge on any atom is -0.493 e. The van der Waals surface area contributed by atoms with Gasteiger partial charge in [0.25, 0.3) is 0 Å². The minimum atomic E-state index is 0.592. The summed E-state index contributed by atoms with van der Waals surface area (Å²) in [7, 11) is 3.22. The standard InChI is InChI=1S/C21H20N2O2/c1-24-20-13-18(17(15-22)12-16-8-4-3-5-9-16)19(14-21(20)25-2)23-10-6-7-11-23/h3-9,12-14H,10-11H2,1-2H3. The topological polar surface area (TPSA) is 45.5 Å². The number of methoxy groups -OCH3 is 2. The van der Waals surface area contributed by atoms with Crippen molar-refractivity contribution in [1.29, 1.82) is 5.26 Å². The molecule has 0 bridgehead atoms. The van der Waals surface area contributed by atoms with E-state index in [4.69, 9.17) is 9.47 Å². The Morgan fingerprint density at radius 1 is 1.04 bits per heavy atom. The average molecular weight is 332 g/mol. The zero-order valence-electron chi connectivity index (χ0n) is 14.4. The Bertz CT molecular complexity index is 840. The highest BCUT2D eigenvalue weighted by Gasteiger charge is 2.19. The van der Waals surface area contributed by atoms with E-state index in [0.29, 0.717) is 17.1 Å². The van der Waals surface area contributed by atoms with Gasteiger partial charge in [0, 0.05) is 30.4 Å². The highest BCUT2D eigenvalue weighted by molar-refractivity contribution is 5.95. The maximum absolute atomic E-state index is 9.77. The van der Waals surface area contributed by atoms with Crippen LogP contribution in [0.1, 0.15) is 11.1 Å². The van der Waals surface area contributed by atoms with Crippen molar-refractivity contribution in [1.82, 2.24) is 0 Å². The molecule has 0 amide bonds. The molecule has 0 aliphatic carbocycles. The van der Waals surface area contributed by atoms with Crippen LogP contribution in [0.25, 0.3) is 11.6 Å². The quantitative estimate of drug-likeness (QED) is 0.469. The van der Waals surface area contributed by atoms with Gasteiger partial charge < -0.3 is 14.4 Å². The SMILES string of the molecule is COc1cc(C(C#N)=Cc2ccccc2)c(N2CC=CC2)cc1OC. The lowest BCUT2D eigenvalue weighted by Crippen LogP contribution is -2.20. The van der Waals surface area contributed by atoms with E-state index < -0.39 is 0 Å². The number of hydrogen-bond acceptors (Lipinski definition) is 4. The number of allylic oxidation sites excluding steroid dienone is 1. The first-order valence-electron chi connectivity index (χ1n) is 8.10. The maximum atomic E-state index is 9.77. The van der Waals surface area contributed by atoms with Crippen molar-refractivity contribution in [3.8, 4) is 17.6 Å². The summed E-state index contributed by atoms with van der Waals surface area (Å²) in [6.45, 7) is 1.62. The summed E-state index contributed by atoms with van der Waals surface area (Å²) in [5.74, 6) is 1.27. The molecule has 1 aliphatic heterocycles. The van der Waals surface area contributed by atoms with Crippen molar-refractivity contribution in [2.45, 2.75) is 0 Å². The highest BCUT2D eigenvalue weighted by Crippen LogP contribution is 2.39. The molecule has 126 valence electrons. The molecule has 1 heterocycles. The van der Waals surface area contributed by atoms with Gasteiger partial charge in [-0.05, 0) is 17.7 Å². The summed E-state index contributed by atoms with van der Waals surface area (Å²) in [6, 6.07) is 16.0. The molecule has 2 aromatic rings. The maximum Gasteiger partial charge on any atom is 0.162 e. The van der Waals surface area contributed by atoms with Crippen LogP contribution < -0.4 is 14.4 Å². The Hall–Kier alpha value is -3.19. The molecule has 0 radical (unpaired) electrons. The molecular formula is C21H20N2O2. The lowest BCUT2D eigenvalue weighted by Gasteiger charge is -2.23. The second kappa shape index (κ2) is 7.59. The zero-order valence-corrected chi connectivity index (χ0v) is 14.4. The van der Waals surface area contributed by atoms with Gasteiger partial charge in [0.2, 0.25) is 0 Å². The van der Waals surface area contributed by atoms with Crippen molar-refractivity contribution < 1.29 is 9.47 Å². The van der Waals surface area contributed by atoms with Gasteiger partial charge in [-0.1, -0.05) is 42.5 Å². The fraction of sp³-hybridized carbons (Fsp3) is 0.190. The van der Waals surface area contributed by atoms with E-state index in [2.05, 4.69) is 23.1 Å². The summed E-state index contributed by atoms with van der Waals surface area (Å²) < 4.78 is 10.9. The number of benzene rings is 2. The van der Waals surface area contributed by atoms with E-state index in [1.807, 2.05) is 48.5 Å². The number of rotatable bonds is 5. The monoisotopic (exact) mass is 332 g/mol. The predicted octanol–water partition coefficient (Wildman–Crippen LogP) is 4.14. The van der Waals surface area contributed by atoms with Gasteiger partial charge in [0.05, 0.1) is 25.9 Å². The number of hydrogen-bond donors (Lipinski definition) is 0. The van der Waals surface area contributed by atoms with Crippen molar-refractivity contribution in [2.24, 2.45) is 0 Å². The van der Waals surface area contributed by atoms with Crippen LogP contribution in [0.4, 0.5) is 5.69 Å². The van der Waals surface area contributed by atoms with Crippen molar-refractivity contribution >= 4 is 17.3 Å². The molecule has 0 unspecified atom stereocenters. The molecule has 0 N–H and O–H groups in total. The number of ether oxygens (including phenoxy) is 2. The van der Waals surface area contributed by atoms with Gasteiger partial charge in [-0.3, -0.25) is 0 Å². The number of nitriles is 1. The lowest BCUT2D eigenvalue weighted by molar-refractivity contribution is 0.355. The molecular weight excluding hydrogens is 312 g/mol. The van der Waals surface area contributed by atoms with E-state index in [9.17, 15) is 5.26 Å². The normalized spacial score (nSPS) is 13.6. The Morgan fingerprint density at radius 3 is 2.28 bits per heavy atom. The summed E-state index contributed by atoms with van der Waals surface area (Å²) in [4.78, 5) is 2.20. The molecule has 4 nitrogen and oxygen atoms in total. The number of nitrogens with zero attached hydrogens (tertiary/aromatic N) is 2. The Labute approximate surface area is 148 Å². The second-order valence-corrected chi connectivity index (χ2v) is 5.68. The fourth-order valence-electron chi connectivity index (χ4n) is 2.91. The minimum absolute atomic E-state index is 0.592. The third-order valence-electron chi connectivity index (χ3n) is 4.18. The van der Waals surface area contributed by atoms with Gasteiger partial charge in [-0.2, -0.15) is 5.26 Å². The molecule has 0 spiro atoms. The van der Waals surface area contributed by atoms with Crippen LogP contribution in [-0.4, -0.2) is 27.3 Å². The third kappa shape index (κ3) is 3.51. The largest absolute Gasteiger partial charge is 0.493 e. The second-order valence-electron chi connectivity index (χ2n) is 5.68. The van der Waals surface area contributed by atoms with E-state index >= 15 is 0 Å². The molecule has 25 heavy (non-hydrogen) atoms. The first-order chi connectivity index (χ1) is 12.3. The highest BCUT2D eigenvalue weighted by atomic mass is 16.5. The Balaban J connectivity index is 2.15. The van der Waals surface area contributed by atoms with Crippen LogP contribution in [0.5, 0.6) is 11.5 Å². The Kier molecular flexibility index (Phi) is 5.06. The molecule has 2 aromatic carbocycles. The van der Waals surface area contributed by atoms with E-state index in [1.165, 1.54) is 0 Å². The first-order valence-corrected chi connectivity index (χ1v) is 8.10. The molecule has 0 saturated carbocycles. The molecule has 0 atom stereocenters. The summed E-state index contributed by atoms with van der Waals surface area (Å²) in [6.07, 6.45) is 6.13. The van der Waals surface area contributed by atoms with E-state index in [0.717, 1.165) is 29.9 Å². The van der Waals surface area contributed by atoms with Gasteiger partial charge in [0.15, 0.2) is 11.5 Å². The van der Waals surface area contributed by atoms with Crippen LogP contribution in [0.15, 0.2) is 54.6 Å². The van der Waals surface area contributed by atoms with Crippen LogP contribution in [-0.2, 0) is 0 Å².